The fourth-order valence-electron chi connectivity index (χ4n) is 1.95. The van der Waals surface area contributed by atoms with Crippen LogP contribution in [0.5, 0.6) is 11.5 Å². The third-order valence-electron chi connectivity index (χ3n) is 2.74. The van der Waals surface area contributed by atoms with Gasteiger partial charge in [-0.15, -0.1) is 0 Å². The van der Waals surface area contributed by atoms with Gasteiger partial charge < -0.3 is 19.9 Å². The van der Waals surface area contributed by atoms with Crippen molar-refractivity contribution < 1.29 is 14.2 Å². The summed E-state index contributed by atoms with van der Waals surface area (Å²) in [7, 11) is 4.85. The summed E-state index contributed by atoms with van der Waals surface area (Å²) >= 11 is 0. The van der Waals surface area contributed by atoms with Gasteiger partial charge in [-0.1, -0.05) is 0 Å². The number of nitrogen functional groups attached to an aromatic ring is 1. The fraction of sp³-hybridized carbons (Fsp3) is 0.308. The highest BCUT2D eigenvalue weighted by Crippen LogP contribution is 2.39. The van der Waals surface area contributed by atoms with Crippen molar-refractivity contribution in [3.63, 3.8) is 0 Å². The first-order chi connectivity index (χ1) is 9.19. The fourth-order valence-corrected chi connectivity index (χ4v) is 1.95. The first-order valence-corrected chi connectivity index (χ1v) is 5.74. The molecule has 0 saturated carbocycles. The maximum atomic E-state index is 5.63. The molecule has 0 atom stereocenters. The van der Waals surface area contributed by atoms with E-state index in [1.54, 1.807) is 27.4 Å². The van der Waals surface area contributed by atoms with Crippen LogP contribution < -0.4 is 15.2 Å². The molecule has 102 valence electrons. The topological polar surface area (TPSA) is 82.4 Å². The van der Waals surface area contributed by atoms with E-state index in [0.29, 0.717) is 23.9 Å². The largest absolute Gasteiger partial charge is 0.496 e. The average Bonchev–Trinajstić information content (AvgIpc) is 2.84. The van der Waals surface area contributed by atoms with Crippen molar-refractivity contribution >= 4 is 5.82 Å². The van der Waals surface area contributed by atoms with E-state index in [1.807, 2.05) is 12.1 Å². The van der Waals surface area contributed by atoms with E-state index in [1.165, 1.54) is 0 Å². The SMILES string of the molecule is COCc1cc(OC)c(-c2cc(N)n[nH]2)c(OC)c1. The van der Waals surface area contributed by atoms with Crippen LogP contribution in [0.4, 0.5) is 5.82 Å². The molecule has 0 spiro atoms. The van der Waals surface area contributed by atoms with Crippen LogP contribution in [0.2, 0.25) is 0 Å². The lowest BCUT2D eigenvalue weighted by atomic mass is 10.1. The van der Waals surface area contributed by atoms with E-state index >= 15 is 0 Å². The molecule has 0 aliphatic rings. The smallest absolute Gasteiger partial charge is 0.145 e. The first-order valence-electron chi connectivity index (χ1n) is 5.74. The van der Waals surface area contributed by atoms with Gasteiger partial charge in [0, 0.05) is 13.2 Å². The molecule has 0 saturated heterocycles. The molecule has 1 aromatic carbocycles. The Morgan fingerprint density at radius 3 is 2.16 bits per heavy atom. The minimum atomic E-state index is 0.417. The number of rotatable bonds is 5. The molecule has 1 heterocycles. The van der Waals surface area contributed by atoms with Crippen molar-refractivity contribution in [2.75, 3.05) is 27.1 Å². The highest BCUT2D eigenvalue weighted by atomic mass is 16.5. The maximum Gasteiger partial charge on any atom is 0.145 e. The lowest BCUT2D eigenvalue weighted by Gasteiger charge is -2.14. The summed E-state index contributed by atoms with van der Waals surface area (Å²) in [5, 5.41) is 6.78. The maximum absolute atomic E-state index is 5.63. The number of nitrogens with one attached hydrogen (secondary N) is 1. The second-order valence-corrected chi connectivity index (χ2v) is 4.01. The normalized spacial score (nSPS) is 10.5. The van der Waals surface area contributed by atoms with Gasteiger partial charge in [-0.25, -0.2) is 0 Å². The first kappa shape index (κ1) is 13.2. The molecular formula is C13H17N3O3. The molecule has 0 aliphatic heterocycles. The van der Waals surface area contributed by atoms with Gasteiger partial charge in [0.05, 0.1) is 32.1 Å². The monoisotopic (exact) mass is 263 g/mol. The van der Waals surface area contributed by atoms with E-state index in [2.05, 4.69) is 10.2 Å². The number of hydrogen-bond donors (Lipinski definition) is 2. The van der Waals surface area contributed by atoms with Crippen molar-refractivity contribution in [1.82, 2.24) is 10.2 Å². The van der Waals surface area contributed by atoms with Gasteiger partial charge in [-0.3, -0.25) is 5.10 Å². The minimum absolute atomic E-state index is 0.417. The molecule has 3 N–H and O–H groups in total. The lowest BCUT2D eigenvalue weighted by Crippen LogP contribution is -1.97. The number of aromatic nitrogens is 2. The summed E-state index contributed by atoms with van der Waals surface area (Å²) in [4.78, 5) is 0. The molecule has 6 heteroatoms. The molecule has 1 aromatic heterocycles. The molecule has 0 amide bonds. The Morgan fingerprint density at radius 1 is 1.11 bits per heavy atom. The van der Waals surface area contributed by atoms with E-state index in [4.69, 9.17) is 19.9 Å². The second-order valence-electron chi connectivity index (χ2n) is 4.01. The Balaban J connectivity index is 2.57. The molecule has 0 fully saturated rings. The molecule has 0 aliphatic carbocycles. The van der Waals surface area contributed by atoms with Crippen LogP contribution in [-0.2, 0) is 11.3 Å². The Morgan fingerprint density at radius 2 is 1.74 bits per heavy atom. The molecule has 0 unspecified atom stereocenters. The van der Waals surface area contributed by atoms with Crippen LogP contribution in [0, 0.1) is 0 Å². The molecule has 2 aromatic rings. The van der Waals surface area contributed by atoms with Gasteiger partial charge in [0.1, 0.15) is 17.3 Å². The van der Waals surface area contributed by atoms with Crippen LogP contribution in [0.1, 0.15) is 5.56 Å². The molecular weight excluding hydrogens is 246 g/mol. The van der Waals surface area contributed by atoms with Gasteiger partial charge in [0.25, 0.3) is 0 Å². The van der Waals surface area contributed by atoms with Crippen LogP contribution in [0.3, 0.4) is 0 Å². The Labute approximate surface area is 111 Å². The quantitative estimate of drug-likeness (QED) is 0.859. The Bertz CT molecular complexity index is 541. The number of ether oxygens (including phenoxy) is 3. The van der Waals surface area contributed by atoms with Gasteiger partial charge in [-0.05, 0) is 17.7 Å². The molecule has 6 nitrogen and oxygen atoms in total. The van der Waals surface area contributed by atoms with Gasteiger partial charge in [0.15, 0.2) is 0 Å². The zero-order chi connectivity index (χ0) is 13.8. The summed E-state index contributed by atoms with van der Waals surface area (Å²) in [5.74, 6) is 1.77. The third-order valence-corrected chi connectivity index (χ3v) is 2.74. The molecule has 0 bridgehead atoms. The Kier molecular flexibility index (Phi) is 3.91. The number of H-pyrrole nitrogens is 1. The lowest BCUT2D eigenvalue weighted by molar-refractivity contribution is 0.184. The zero-order valence-electron chi connectivity index (χ0n) is 11.2. The van der Waals surface area contributed by atoms with Crippen molar-refractivity contribution in [2.45, 2.75) is 6.61 Å². The third kappa shape index (κ3) is 2.63. The van der Waals surface area contributed by atoms with E-state index in [0.717, 1.165) is 16.8 Å². The predicted octanol–water partition coefficient (Wildman–Crippen LogP) is 1.82. The zero-order valence-corrected chi connectivity index (χ0v) is 11.2. The van der Waals surface area contributed by atoms with Crippen LogP contribution in [-0.4, -0.2) is 31.5 Å². The highest BCUT2D eigenvalue weighted by molar-refractivity contribution is 5.76. The number of benzene rings is 1. The van der Waals surface area contributed by atoms with Crippen LogP contribution in [0.25, 0.3) is 11.3 Å². The summed E-state index contributed by atoms with van der Waals surface area (Å²) in [5.41, 5.74) is 8.13. The standard InChI is InChI=1S/C13H17N3O3/c1-17-7-8-4-10(18-2)13(11(5-8)19-3)9-6-12(14)16-15-9/h4-6H,7H2,1-3H3,(H3,14,15,16). The van der Waals surface area contributed by atoms with Crippen molar-refractivity contribution in [2.24, 2.45) is 0 Å². The molecule has 19 heavy (non-hydrogen) atoms. The van der Waals surface area contributed by atoms with Crippen molar-refractivity contribution in [1.29, 1.82) is 0 Å². The molecule has 2 rings (SSSR count). The molecule has 0 radical (unpaired) electrons. The summed E-state index contributed by atoms with van der Waals surface area (Å²) < 4.78 is 16.0. The number of methoxy groups -OCH3 is 3. The number of anilines is 1. The average molecular weight is 263 g/mol. The summed E-state index contributed by atoms with van der Waals surface area (Å²) in [6.07, 6.45) is 0. The van der Waals surface area contributed by atoms with Crippen molar-refractivity contribution in [3.05, 3.63) is 23.8 Å². The summed E-state index contributed by atoms with van der Waals surface area (Å²) in [6.45, 7) is 0.484. The number of nitrogens with two attached hydrogens (primary N) is 1. The number of hydrogen-bond acceptors (Lipinski definition) is 5. The van der Waals surface area contributed by atoms with Crippen LogP contribution >= 0.6 is 0 Å². The number of aromatic amines is 1. The van der Waals surface area contributed by atoms with Gasteiger partial charge >= 0.3 is 0 Å². The summed E-state index contributed by atoms with van der Waals surface area (Å²) in [6, 6.07) is 5.53. The minimum Gasteiger partial charge on any atom is -0.496 e. The predicted molar refractivity (Wildman–Crippen MR) is 72.3 cm³/mol. The van der Waals surface area contributed by atoms with E-state index in [9.17, 15) is 0 Å². The number of nitrogens with zero attached hydrogens (tertiary/aromatic N) is 1. The van der Waals surface area contributed by atoms with Gasteiger partial charge in [0.2, 0.25) is 0 Å². The van der Waals surface area contributed by atoms with Crippen molar-refractivity contribution in [3.8, 4) is 22.8 Å². The Hall–Kier alpha value is -2.21. The van der Waals surface area contributed by atoms with E-state index in [-0.39, 0.29) is 0 Å². The van der Waals surface area contributed by atoms with E-state index < -0.39 is 0 Å². The van der Waals surface area contributed by atoms with Crippen LogP contribution in [0.15, 0.2) is 18.2 Å². The van der Waals surface area contributed by atoms with Gasteiger partial charge in [-0.2, -0.15) is 5.10 Å². The second kappa shape index (κ2) is 5.62. The highest BCUT2D eigenvalue weighted by Gasteiger charge is 2.16.